The van der Waals surface area contributed by atoms with Crippen LogP contribution in [-0.4, -0.2) is 170 Å². The molecule has 3 aliphatic heterocycles. The number of carbonyl (C=O) groups is 5. The van der Waals surface area contributed by atoms with Crippen molar-refractivity contribution in [1.82, 2.24) is 59.1 Å². The molecule has 24 nitrogen and oxygen atoms in total. The number of aromatic nitrogens is 8. The Kier molecular flexibility index (Phi) is 22.4. The molecule has 3 saturated heterocycles. The Morgan fingerprint density at radius 1 is 0.732 bits per heavy atom. The summed E-state index contributed by atoms with van der Waals surface area (Å²) in [5.41, 5.74) is 4.75. The van der Waals surface area contributed by atoms with Gasteiger partial charge in [-0.15, -0.1) is 0 Å². The summed E-state index contributed by atoms with van der Waals surface area (Å²) in [6, 6.07) is 15.9. The van der Waals surface area contributed by atoms with E-state index in [0.717, 1.165) is 39.4 Å². The molecule has 2 atom stereocenters. The third kappa shape index (κ3) is 17.7. The number of nitrogens with zero attached hydrogens (tertiary/aromatic N) is 11. The van der Waals surface area contributed by atoms with Crippen LogP contribution in [0.2, 0.25) is 61.4 Å². The first-order valence-corrected chi connectivity index (χ1v) is 41.1. The van der Waals surface area contributed by atoms with Crippen LogP contribution in [0.3, 0.4) is 0 Å². The SMILES string of the molecule is CC(C)(C)OC(=O)n1cc(B2OC(C)(C)C(C)(C)O2)c2ccc(Cl)cc21.C[C@@H](NC(=O)c1cn(COCC[Si](C)(C)C)c2ncc(-c3c[nH]c4cc(Cl)ccc34)nc12)C(=O)N1CC(C#N)C1.C[C@@H](NC(=O)c1cn(COCC[Si](C)(C)C)c2ncc(Br)nc12)C(=O)N1CC(C#N)C1. The van der Waals surface area contributed by atoms with Crippen LogP contribution in [0.1, 0.15) is 83.0 Å². The molecule has 2 aromatic carbocycles. The first-order chi connectivity index (χ1) is 45.4. The minimum atomic E-state index is -1.26. The largest absolute Gasteiger partial charge is 0.497 e. The van der Waals surface area contributed by atoms with Crippen LogP contribution >= 0.6 is 39.1 Å². The summed E-state index contributed by atoms with van der Waals surface area (Å²) in [5, 5.41) is 26.4. The number of nitrogens with one attached hydrogen (secondary N) is 3. The highest BCUT2D eigenvalue weighted by atomic mass is 79.9. The molecule has 6 aromatic heterocycles. The van der Waals surface area contributed by atoms with Crippen molar-refractivity contribution >= 4 is 142 Å². The summed E-state index contributed by atoms with van der Waals surface area (Å²) in [4.78, 5) is 89.1. The first-order valence-electron chi connectivity index (χ1n) is 32.1. The Morgan fingerprint density at radius 2 is 1.21 bits per heavy atom. The zero-order chi connectivity index (χ0) is 70.9. The van der Waals surface area contributed by atoms with Gasteiger partial charge < -0.3 is 58.1 Å². The molecule has 3 fully saturated rings. The monoisotopic (exact) mass is 1460 g/mol. The molecular weight excluding hydrogens is 1380 g/mol. The van der Waals surface area contributed by atoms with Crippen molar-refractivity contribution < 1.29 is 47.5 Å². The van der Waals surface area contributed by atoms with Crippen molar-refractivity contribution in [1.29, 1.82) is 10.5 Å². The van der Waals surface area contributed by atoms with E-state index in [1.807, 2.05) is 78.9 Å². The number of nitriles is 2. The van der Waals surface area contributed by atoms with Crippen LogP contribution in [0.25, 0.3) is 55.4 Å². The van der Waals surface area contributed by atoms with Gasteiger partial charge in [0.25, 0.3) is 11.8 Å². The molecule has 8 aromatic rings. The van der Waals surface area contributed by atoms with Gasteiger partial charge in [0.15, 0.2) is 11.3 Å². The normalized spacial score (nSPS) is 16.1. The molecule has 0 radical (unpaired) electrons. The molecule has 0 aliphatic carbocycles. The summed E-state index contributed by atoms with van der Waals surface area (Å²) in [6.45, 7) is 33.8. The van der Waals surface area contributed by atoms with Gasteiger partial charge in [-0.2, -0.15) is 10.5 Å². The molecule has 514 valence electrons. The average Bonchev–Trinajstić information content (AvgIpc) is 1.61. The number of ether oxygens (including phenoxy) is 3. The lowest BCUT2D eigenvalue weighted by molar-refractivity contribution is -0.138. The standard InChI is InChI=1S/C28H32ClN7O3Si.C20H27BrN6O3Si.C19H25BClNO4/c1-17(28(38)35-13-18(10-30)14-35)33-27(37)22-15-36(16-39-7-8-40(2,3)4)26-25(22)34-24(12-32-26)21-11-31-23-9-19(29)5-6-20(21)23;1-13(20(29)26-9-14(7-22)10-26)24-19(28)15-11-27(12-30-5-6-31(2,3)4)18-17(15)25-16(21)8-23-18;1-17(2,3)24-16(23)22-11-14(13-9-8-12(21)10-15(13)22)20-25-18(4,5)19(6,7)26-20/h5-6,9,11-12,15,17-18,31H,7-8,13-14,16H2,1-4H3,(H,33,37);8,11,13-14H,5-6,9-10,12H2,1-4H3,(H,24,28);8-11H,1-7H3/t17-;13-;/m11./s1. The highest BCUT2D eigenvalue weighted by Crippen LogP contribution is 2.38. The van der Waals surface area contributed by atoms with Gasteiger partial charge in [-0.3, -0.25) is 23.7 Å². The number of hydrogen-bond acceptors (Lipinski definition) is 16. The molecule has 0 unspecified atom stereocenters. The van der Waals surface area contributed by atoms with Gasteiger partial charge in [0.1, 0.15) is 46.8 Å². The van der Waals surface area contributed by atoms with Crippen LogP contribution in [0.4, 0.5) is 4.79 Å². The maximum Gasteiger partial charge on any atom is 0.497 e. The van der Waals surface area contributed by atoms with E-state index in [0.29, 0.717) is 98.7 Å². The maximum atomic E-state index is 13.5. The average molecular weight is 1460 g/mol. The molecule has 3 N–H and O–H groups in total. The lowest BCUT2D eigenvalue weighted by atomic mass is 9.79. The van der Waals surface area contributed by atoms with E-state index in [-0.39, 0.29) is 37.1 Å². The number of amides is 4. The fraction of sp³-hybridized carbons (Fsp3) is 0.478. The second kappa shape index (κ2) is 29.5. The van der Waals surface area contributed by atoms with Gasteiger partial charge in [0.05, 0.1) is 69.9 Å². The Labute approximate surface area is 585 Å². The van der Waals surface area contributed by atoms with E-state index in [4.69, 9.17) is 62.2 Å². The van der Waals surface area contributed by atoms with E-state index in [1.165, 1.54) is 4.57 Å². The number of halogens is 3. The molecule has 97 heavy (non-hydrogen) atoms. The smallest absolute Gasteiger partial charge is 0.443 e. The van der Waals surface area contributed by atoms with E-state index in [9.17, 15) is 24.0 Å². The predicted molar refractivity (Wildman–Crippen MR) is 383 cm³/mol. The minimum Gasteiger partial charge on any atom is -0.443 e. The van der Waals surface area contributed by atoms with Crippen LogP contribution in [0.5, 0.6) is 0 Å². The highest BCUT2D eigenvalue weighted by Gasteiger charge is 2.53. The van der Waals surface area contributed by atoms with Gasteiger partial charge >= 0.3 is 13.2 Å². The number of aromatic amines is 1. The van der Waals surface area contributed by atoms with Gasteiger partial charge in [-0.05, 0) is 115 Å². The Hall–Kier alpha value is -7.51. The predicted octanol–water partition coefficient (Wildman–Crippen LogP) is 11.6. The van der Waals surface area contributed by atoms with Crippen molar-refractivity contribution in [2.75, 3.05) is 39.4 Å². The molecule has 9 heterocycles. The molecular formula is C67H84BBrCl2N14O10Si2. The van der Waals surface area contributed by atoms with Crippen LogP contribution in [0, 0.1) is 34.5 Å². The van der Waals surface area contributed by atoms with Crippen LogP contribution < -0.4 is 16.1 Å². The molecule has 4 amide bonds. The van der Waals surface area contributed by atoms with Crippen molar-refractivity contribution in [2.45, 2.75) is 156 Å². The number of H-pyrrole nitrogens is 1. The molecule has 0 spiro atoms. The summed E-state index contributed by atoms with van der Waals surface area (Å²) >= 11 is 15.6. The fourth-order valence-corrected chi connectivity index (χ4v) is 12.8. The molecule has 3 aliphatic rings. The number of fused-ring (bicyclic) bond motifs is 4. The molecule has 0 bridgehead atoms. The highest BCUT2D eigenvalue weighted by molar-refractivity contribution is 9.10. The van der Waals surface area contributed by atoms with Crippen LogP contribution in [-0.2, 0) is 46.6 Å². The zero-order valence-electron chi connectivity index (χ0n) is 57.5. The van der Waals surface area contributed by atoms with Crippen molar-refractivity contribution in [3.8, 4) is 23.4 Å². The van der Waals surface area contributed by atoms with Crippen molar-refractivity contribution in [2.24, 2.45) is 11.8 Å². The number of rotatable bonds is 18. The summed E-state index contributed by atoms with van der Waals surface area (Å²) in [6.07, 6.45) is 9.69. The molecule has 0 saturated carbocycles. The van der Waals surface area contributed by atoms with E-state index >= 15 is 0 Å². The van der Waals surface area contributed by atoms with Crippen molar-refractivity contribution in [3.05, 3.63) is 99.4 Å². The topological polar surface area (TPSA) is 292 Å². The van der Waals surface area contributed by atoms with E-state index in [2.05, 4.69) is 97.9 Å². The summed E-state index contributed by atoms with van der Waals surface area (Å²) < 4.78 is 35.1. The van der Waals surface area contributed by atoms with Gasteiger partial charge in [-0.25, -0.2) is 24.7 Å². The second-order valence-electron chi connectivity index (χ2n) is 29.1. The van der Waals surface area contributed by atoms with E-state index < -0.39 is 70.1 Å². The van der Waals surface area contributed by atoms with Crippen molar-refractivity contribution in [3.63, 3.8) is 0 Å². The quantitative estimate of drug-likeness (QED) is 0.0531. The third-order valence-corrected chi connectivity index (χ3v) is 21.3. The lowest BCUT2D eigenvalue weighted by Gasteiger charge is -2.37. The van der Waals surface area contributed by atoms with E-state index in [1.54, 1.807) is 75.9 Å². The Morgan fingerprint density at radius 3 is 1.69 bits per heavy atom. The lowest BCUT2D eigenvalue weighted by Crippen LogP contribution is -2.55. The third-order valence-electron chi connectivity index (χ3n) is 17.0. The number of hydrogen-bond donors (Lipinski definition) is 3. The summed E-state index contributed by atoms with van der Waals surface area (Å²) in [5.74, 6) is -1.54. The number of carbonyl (C=O) groups excluding carboxylic acids is 5. The maximum absolute atomic E-state index is 13.5. The second-order valence-corrected chi connectivity index (χ2v) is 42.0. The minimum absolute atomic E-state index is 0.126. The van der Waals surface area contributed by atoms with Gasteiger partial charge in [0.2, 0.25) is 11.8 Å². The molecule has 30 heteroatoms. The first kappa shape index (κ1) is 73.7. The Bertz CT molecular complexity index is 4360. The Balaban J connectivity index is 0.000000175. The van der Waals surface area contributed by atoms with Gasteiger partial charge in [-0.1, -0.05) is 74.6 Å². The molecule has 11 rings (SSSR count). The number of likely N-dealkylation sites (tertiary alicyclic amines) is 2. The van der Waals surface area contributed by atoms with Gasteiger partial charge in [0, 0.05) is 118 Å². The summed E-state index contributed by atoms with van der Waals surface area (Å²) in [7, 11) is -3.04. The number of benzene rings is 2. The fourth-order valence-electron chi connectivity index (χ4n) is 10.7. The zero-order valence-corrected chi connectivity index (χ0v) is 62.6. The van der Waals surface area contributed by atoms with Crippen LogP contribution in [0.15, 0.2) is 78.2 Å².